The van der Waals surface area contributed by atoms with Crippen LogP contribution in [0, 0.1) is 22.7 Å². The summed E-state index contributed by atoms with van der Waals surface area (Å²) in [5, 5.41) is 11.4. The zero-order valence-electron chi connectivity index (χ0n) is 20.3. The number of aliphatic hydroxyl groups is 1. The number of hydrogen-bond acceptors (Lipinski definition) is 7. The van der Waals surface area contributed by atoms with Crippen LogP contribution in [-0.4, -0.2) is 59.0 Å². The molecule has 9 heteroatoms. The van der Waals surface area contributed by atoms with Gasteiger partial charge in [0.25, 0.3) is 0 Å². The Hall–Kier alpha value is -2.06. The van der Waals surface area contributed by atoms with Crippen molar-refractivity contribution in [1.82, 2.24) is 0 Å². The van der Waals surface area contributed by atoms with E-state index in [1.54, 1.807) is 19.9 Å². The summed E-state index contributed by atoms with van der Waals surface area (Å²) in [7, 11) is 1.21. The van der Waals surface area contributed by atoms with Crippen LogP contribution in [0.1, 0.15) is 58.8 Å². The van der Waals surface area contributed by atoms with Crippen molar-refractivity contribution < 1.29 is 38.1 Å². The lowest BCUT2D eigenvalue weighted by molar-refractivity contribution is -0.224. The van der Waals surface area contributed by atoms with Crippen LogP contribution in [-0.2, 0) is 28.7 Å². The number of hydrogen-bond donors (Lipinski definition) is 1. The van der Waals surface area contributed by atoms with Crippen LogP contribution in [0.15, 0.2) is 23.8 Å². The SMILES string of the molecule is COC(=O)CCC(=O)O[C@]1(C(=O)CCl)CC[C@H]2[C@@H]3CCC4=CC(=O)C=C[C@]4(C)[C@@]3(F)C(O)C[C@@]21C. The van der Waals surface area contributed by atoms with E-state index in [1.807, 2.05) is 0 Å². The molecule has 35 heavy (non-hydrogen) atoms. The van der Waals surface area contributed by atoms with Crippen molar-refractivity contribution in [1.29, 1.82) is 0 Å². The maximum absolute atomic E-state index is 17.2. The summed E-state index contributed by atoms with van der Waals surface area (Å²) >= 11 is 5.98. The van der Waals surface area contributed by atoms with Gasteiger partial charge >= 0.3 is 11.9 Å². The fourth-order valence-corrected chi connectivity index (χ4v) is 7.76. The molecule has 4 aliphatic carbocycles. The monoisotopic (exact) mass is 510 g/mol. The maximum atomic E-state index is 17.2. The third kappa shape index (κ3) is 3.54. The molecule has 1 N–H and O–H groups in total. The first kappa shape index (κ1) is 26.0. The van der Waals surface area contributed by atoms with Crippen LogP contribution >= 0.6 is 11.6 Å². The number of esters is 2. The Labute approximate surface area is 209 Å². The van der Waals surface area contributed by atoms with Gasteiger partial charge in [0.1, 0.15) is 0 Å². The third-order valence-corrected chi connectivity index (χ3v) is 9.62. The molecule has 7 atom stereocenters. The summed E-state index contributed by atoms with van der Waals surface area (Å²) in [4.78, 5) is 49.5. The molecule has 4 aliphatic rings. The van der Waals surface area contributed by atoms with Crippen molar-refractivity contribution in [2.24, 2.45) is 22.7 Å². The fourth-order valence-electron chi connectivity index (χ4n) is 7.54. The fraction of sp³-hybridized carbons (Fsp3) is 0.692. The second-order valence-corrected chi connectivity index (χ2v) is 11.0. The number of ether oxygens (including phenoxy) is 2. The average molecular weight is 511 g/mol. The number of Topliss-reactive ketones (excluding diaryl/α,β-unsaturated/α-hetero) is 1. The number of carbonyl (C=O) groups excluding carboxylic acids is 4. The van der Waals surface area contributed by atoms with Crippen molar-refractivity contribution >= 4 is 35.1 Å². The maximum Gasteiger partial charge on any atom is 0.307 e. The third-order valence-electron chi connectivity index (χ3n) is 9.38. The normalized spacial score (nSPS) is 41.8. The highest BCUT2D eigenvalue weighted by Gasteiger charge is 2.75. The number of allylic oxidation sites excluding steroid dienone is 4. The lowest BCUT2D eigenvalue weighted by Gasteiger charge is -2.62. The lowest BCUT2D eigenvalue weighted by Crippen LogP contribution is -2.69. The number of carbonyl (C=O) groups is 4. The van der Waals surface area contributed by atoms with Gasteiger partial charge in [0, 0.05) is 16.7 Å². The first-order valence-electron chi connectivity index (χ1n) is 12.1. The first-order chi connectivity index (χ1) is 16.4. The Morgan fingerprint density at radius 2 is 1.86 bits per heavy atom. The van der Waals surface area contributed by atoms with E-state index in [-0.39, 0.29) is 37.4 Å². The molecule has 0 amide bonds. The van der Waals surface area contributed by atoms with E-state index in [2.05, 4.69) is 4.74 Å². The summed E-state index contributed by atoms with van der Waals surface area (Å²) < 4.78 is 27.6. The average Bonchev–Trinajstić information content (AvgIpc) is 3.10. The smallest absolute Gasteiger partial charge is 0.307 e. The van der Waals surface area contributed by atoms with Gasteiger partial charge in [-0.3, -0.25) is 19.2 Å². The zero-order chi connectivity index (χ0) is 25.8. The minimum Gasteiger partial charge on any atom is -0.469 e. The summed E-state index contributed by atoms with van der Waals surface area (Å²) in [6.07, 6.45) is 3.84. The lowest BCUT2D eigenvalue weighted by atomic mass is 9.44. The first-order valence-corrected chi connectivity index (χ1v) is 12.6. The van der Waals surface area contributed by atoms with Gasteiger partial charge in [0.05, 0.1) is 31.9 Å². The molecular formula is C26H32ClFO7. The number of alkyl halides is 2. The minimum atomic E-state index is -2.05. The highest BCUT2D eigenvalue weighted by molar-refractivity contribution is 6.29. The van der Waals surface area contributed by atoms with E-state index < -0.39 is 57.7 Å². The molecule has 0 aromatic carbocycles. The summed E-state index contributed by atoms with van der Waals surface area (Å²) in [6.45, 7) is 3.50. The van der Waals surface area contributed by atoms with Crippen LogP contribution in [0.25, 0.3) is 0 Å². The van der Waals surface area contributed by atoms with Crippen LogP contribution < -0.4 is 0 Å². The predicted molar refractivity (Wildman–Crippen MR) is 124 cm³/mol. The Balaban J connectivity index is 1.71. The van der Waals surface area contributed by atoms with Gasteiger partial charge < -0.3 is 14.6 Å². The number of fused-ring (bicyclic) bond motifs is 5. The van der Waals surface area contributed by atoms with Crippen molar-refractivity contribution in [2.75, 3.05) is 13.0 Å². The highest BCUT2D eigenvalue weighted by Crippen LogP contribution is 2.70. The van der Waals surface area contributed by atoms with E-state index in [9.17, 15) is 24.3 Å². The van der Waals surface area contributed by atoms with Gasteiger partial charge in [-0.1, -0.05) is 18.6 Å². The van der Waals surface area contributed by atoms with Gasteiger partial charge in [-0.25, -0.2) is 4.39 Å². The van der Waals surface area contributed by atoms with Gasteiger partial charge in [-0.2, -0.15) is 0 Å². The van der Waals surface area contributed by atoms with Crippen molar-refractivity contribution in [3.8, 4) is 0 Å². The van der Waals surface area contributed by atoms with Crippen LogP contribution in [0.2, 0.25) is 0 Å². The largest absolute Gasteiger partial charge is 0.469 e. The molecule has 192 valence electrons. The molecule has 3 fully saturated rings. The van der Waals surface area contributed by atoms with E-state index in [4.69, 9.17) is 16.3 Å². The number of rotatable bonds is 6. The molecule has 0 bridgehead atoms. The second kappa shape index (κ2) is 8.80. The highest BCUT2D eigenvalue weighted by atomic mass is 35.5. The van der Waals surface area contributed by atoms with Crippen molar-refractivity contribution in [3.05, 3.63) is 23.8 Å². The van der Waals surface area contributed by atoms with Crippen molar-refractivity contribution in [3.63, 3.8) is 0 Å². The Morgan fingerprint density at radius 3 is 2.51 bits per heavy atom. The van der Waals surface area contributed by atoms with Crippen LogP contribution in [0.5, 0.6) is 0 Å². The molecular weight excluding hydrogens is 479 g/mol. The summed E-state index contributed by atoms with van der Waals surface area (Å²) in [6, 6.07) is 0. The van der Waals surface area contributed by atoms with E-state index >= 15 is 4.39 Å². The summed E-state index contributed by atoms with van der Waals surface area (Å²) in [5.41, 5.74) is -5.20. The summed E-state index contributed by atoms with van der Waals surface area (Å²) in [5.74, 6) is -3.37. The molecule has 0 aromatic heterocycles. The molecule has 1 unspecified atom stereocenters. The van der Waals surface area contributed by atoms with Crippen LogP contribution in [0.3, 0.4) is 0 Å². The molecule has 3 saturated carbocycles. The van der Waals surface area contributed by atoms with Crippen molar-refractivity contribution in [2.45, 2.75) is 76.2 Å². The number of ketones is 2. The predicted octanol–water partition coefficient (Wildman–Crippen LogP) is 3.40. The van der Waals surface area contributed by atoms with Gasteiger partial charge in [0.15, 0.2) is 22.8 Å². The number of methoxy groups -OCH3 is 1. The number of aliphatic hydroxyl groups excluding tert-OH is 1. The molecule has 0 radical (unpaired) electrons. The zero-order valence-corrected chi connectivity index (χ0v) is 21.0. The quantitative estimate of drug-likeness (QED) is 0.431. The molecule has 0 heterocycles. The van der Waals surface area contributed by atoms with E-state index in [1.165, 1.54) is 19.3 Å². The van der Waals surface area contributed by atoms with Gasteiger partial charge in [-0.05, 0) is 57.1 Å². The minimum absolute atomic E-state index is 0.109. The van der Waals surface area contributed by atoms with E-state index in [0.29, 0.717) is 24.8 Å². The van der Waals surface area contributed by atoms with E-state index in [0.717, 1.165) is 0 Å². The Bertz CT molecular complexity index is 1020. The Kier molecular flexibility index (Phi) is 6.54. The molecule has 0 spiro atoms. The Morgan fingerprint density at radius 1 is 1.17 bits per heavy atom. The second-order valence-electron chi connectivity index (χ2n) is 10.7. The molecule has 4 rings (SSSR count). The standard InChI is InChI=1S/C26H32ClFO7/c1-23-10-8-16(29)12-15(23)4-5-18-17-9-11-25(20(31)14-27,35-22(33)7-6-21(32)34-3)24(17,2)13-19(30)26(18,23)28/h8,10,12,17-19,30H,4-7,9,11,13-14H2,1-3H3/t17-,18-,19?,23-,24-,25-,26-/m0/s1. The molecule has 0 aliphatic heterocycles. The molecule has 0 saturated heterocycles. The molecule has 0 aromatic rings. The topological polar surface area (TPSA) is 107 Å². The van der Waals surface area contributed by atoms with Crippen LogP contribution in [0.4, 0.5) is 4.39 Å². The number of halogens is 2. The van der Waals surface area contributed by atoms with Gasteiger partial charge in [-0.15, -0.1) is 11.6 Å². The molecule has 7 nitrogen and oxygen atoms in total. The van der Waals surface area contributed by atoms with Gasteiger partial charge in [0.2, 0.25) is 0 Å².